The Morgan fingerprint density at radius 1 is 1.72 bits per heavy atom. The van der Waals surface area contributed by atoms with Crippen LogP contribution in [0, 0.1) is 0 Å². The fraction of sp³-hybridized carbons (Fsp3) is 0.364. The maximum Gasteiger partial charge on any atom is 0.415 e. The highest BCUT2D eigenvalue weighted by molar-refractivity contribution is 5.90. The first kappa shape index (κ1) is 12.2. The number of carbonyl (C=O) groups is 2. The standard InChI is InChI=1S/C11H13N3O4/c1-2-5-18-11(17)14-4-3-7(10(15)16)8-6-12-13-9(8)14/h2,6-7H,1,3-5H2,(H,12,13)(H,15,16). The number of carboxylic acid groups (broad SMARTS) is 1. The summed E-state index contributed by atoms with van der Waals surface area (Å²) in [5, 5.41) is 15.5. The third-order valence-electron chi connectivity index (χ3n) is 2.78. The zero-order valence-corrected chi connectivity index (χ0v) is 9.63. The van der Waals surface area contributed by atoms with Crippen LogP contribution in [-0.2, 0) is 9.53 Å². The number of nitrogens with one attached hydrogen (secondary N) is 1. The van der Waals surface area contributed by atoms with E-state index >= 15 is 0 Å². The maximum atomic E-state index is 11.8. The summed E-state index contributed by atoms with van der Waals surface area (Å²) in [6.45, 7) is 3.85. The molecule has 0 fully saturated rings. The van der Waals surface area contributed by atoms with Gasteiger partial charge in [-0.3, -0.25) is 14.8 Å². The second-order valence-electron chi connectivity index (χ2n) is 3.87. The first-order chi connectivity index (χ1) is 8.65. The summed E-state index contributed by atoms with van der Waals surface area (Å²) in [5.74, 6) is -1.17. The molecule has 96 valence electrons. The lowest BCUT2D eigenvalue weighted by molar-refractivity contribution is -0.139. The molecular formula is C11H13N3O4. The lowest BCUT2D eigenvalue weighted by Crippen LogP contribution is -2.38. The van der Waals surface area contributed by atoms with E-state index in [-0.39, 0.29) is 13.2 Å². The zero-order valence-electron chi connectivity index (χ0n) is 9.63. The van der Waals surface area contributed by atoms with E-state index in [2.05, 4.69) is 16.8 Å². The van der Waals surface area contributed by atoms with Crippen molar-refractivity contribution >= 4 is 17.9 Å². The van der Waals surface area contributed by atoms with Gasteiger partial charge in [-0.25, -0.2) is 4.79 Å². The second kappa shape index (κ2) is 4.91. The number of rotatable bonds is 3. The van der Waals surface area contributed by atoms with Crippen LogP contribution in [0.1, 0.15) is 17.9 Å². The van der Waals surface area contributed by atoms with Crippen molar-refractivity contribution in [3.8, 4) is 0 Å². The van der Waals surface area contributed by atoms with E-state index in [1.165, 1.54) is 17.2 Å². The number of ether oxygens (including phenoxy) is 1. The summed E-state index contributed by atoms with van der Waals surface area (Å²) in [4.78, 5) is 24.2. The molecule has 0 radical (unpaired) electrons. The van der Waals surface area contributed by atoms with Gasteiger partial charge in [-0.1, -0.05) is 12.7 Å². The highest BCUT2D eigenvalue weighted by Crippen LogP contribution is 2.33. The number of H-pyrrole nitrogens is 1. The number of amides is 1. The van der Waals surface area contributed by atoms with Crippen molar-refractivity contribution in [2.24, 2.45) is 0 Å². The molecule has 2 rings (SSSR count). The Hall–Kier alpha value is -2.31. The van der Waals surface area contributed by atoms with E-state index in [4.69, 9.17) is 9.84 Å². The summed E-state index contributed by atoms with van der Waals surface area (Å²) >= 11 is 0. The molecule has 1 aromatic heterocycles. The molecule has 7 nitrogen and oxygen atoms in total. The van der Waals surface area contributed by atoms with Crippen LogP contribution in [0.15, 0.2) is 18.9 Å². The predicted octanol–water partition coefficient (Wildman–Crippen LogP) is 1.11. The Morgan fingerprint density at radius 3 is 3.17 bits per heavy atom. The minimum atomic E-state index is -0.920. The Morgan fingerprint density at radius 2 is 2.50 bits per heavy atom. The van der Waals surface area contributed by atoms with Crippen LogP contribution < -0.4 is 4.90 Å². The number of aliphatic carboxylic acids is 1. The fourth-order valence-corrected chi connectivity index (χ4v) is 1.93. The van der Waals surface area contributed by atoms with E-state index in [9.17, 15) is 9.59 Å². The molecule has 0 saturated carbocycles. The Kier molecular flexibility index (Phi) is 3.31. The van der Waals surface area contributed by atoms with Crippen molar-refractivity contribution in [1.29, 1.82) is 0 Å². The number of nitrogens with zero attached hydrogens (tertiary/aromatic N) is 2. The van der Waals surface area contributed by atoms with Crippen LogP contribution in [0.5, 0.6) is 0 Å². The van der Waals surface area contributed by atoms with Gasteiger partial charge in [0.2, 0.25) is 0 Å². The normalized spacial score (nSPS) is 18.0. The number of hydrogen-bond donors (Lipinski definition) is 2. The number of carbonyl (C=O) groups excluding carboxylic acids is 1. The van der Waals surface area contributed by atoms with Crippen LogP contribution in [0.4, 0.5) is 10.6 Å². The van der Waals surface area contributed by atoms with E-state index in [1.54, 1.807) is 0 Å². The van der Waals surface area contributed by atoms with Crippen molar-refractivity contribution in [2.75, 3.05) is 18.1 Å². The summed E-state index contributed by atoms with van der Waals surface area (Å²) in [6.07, 6.45) is 2.70. The number of fused-ring (bicyclic) bond motifs is 1. The molecule has 1 unspecified atom stereocenters. The Labute approximate surface area is 103 Å². The third-order valence-corrected chi connectivity index (χ3v) is 2.78. The van der Waals surface area contributed by atoms with Crippen molar-refractivity contribution in [2.45, 2.75) is 12.3 Å². The Bertz CT molecular complexity index is 482. The monoisotopic (exact) mass is 251 g/mol. The first-order valence-corrected chi connectivity index (χ1v) is 5.46. The van der Waals surface area contributed by atoms with Gasteiger partial charge in [0.25, 0.3) is 0 Å². The molecule has 1 atom stereocenters. The van der Waals surface area contributed by atoms with Crippen LogP contribution in [-0.4, -0.2) is 40.5 Å². The van der Waals surface area contributed by atoms with Gasteiger partial charge in [0, 0.05) is 12.1 Å². The van der Waals surface area contributed by atoms with Gasteiger partial charge >= 0.3 is 12.1 Å². The molecule has 0 spiro atoms. The maximum absolute atomic E-state index is 11.8. The fourth-order valence-electron chi connectivity index (χ4n) is 1.93. The second-order valence-corrected chi connectivity index (χ2v) is 3.87. The summed E-state index contributed by atoms with van der Waals surface area (Å²) < 4.78 is 4.93. The predicted molar refractivity (Wildman–Crippen MR) is 62.5 cm³/mol. The average Bonchev–Trinajstić information content (AvgIpc) is 2.83. The Balaban J connectivity index is 2.22. The SMILES string of the molecule is C=CCOC(=O)N1CCC(C(=O)O)c2cn[nH]c21. The summed E-state index contributed by atoms with van der Waals surface area (Å²) in [6, 6.07) is 0. The van der Waals surface area contributed by atoms with Crippen LogP contribution >= 0.6 is 0 Å². The quantitative estimate of drug-likeness (QED) is 0.784. The first-order valence-electron chi connectivity index (χ1n) is 5.46. The smallest absolute Gasteiger partial charge is 0.415 e. The molecule has 0 aromatic carbocycles. The lowest BCUT2D eigenvalue weighted by Gasteiger charge is -2.28. The highest BCUT2D eigenvalue weighted by atomic mass is 16.6. The van der Waals surface area contributed by atoms with Gasteiger partial charge in [-0.15, -0.1) is 0 Å². The molecule has 1 aromatic rings. The van der Waals surface area contributed by atoms with Crippen molar-refractivity contribution in [3.05, 3.63) is 24.4 Å². The van der Waals surface area contributed by atoms with Crippen LogP contribution in [0.3, 0.4) is 0 Å². The van der Waals surface area contributed by atoms with Crippen LogP contribution in [0.25, 0.3) is 0 Å². The minimum absolute atomic E-state index is 0.112. The molecule has 0 bridgehead atoms. The molecule has 2 heterocycles. The number of aromatic nitrogens is 2. The molecule has 2 N–H and O–H groups in total. The largest absolute Gasteiger partial charge is 0.481 e. The van der Waals surface area contributed by atoms with Gasteiger partial charge in [0.05, 0.1) is 12.1 Å². The molecule has 7 heteroatoms. The summed E-state index contributed by atoms with van der Waals surface area (Å²) in [5.41, 5.74) is 0.504. The number of carboxylic acids is 1. The molecule has 1 aliphatic heterocycles. The molecule has 0 aliphatic carbocycles. The van der Waals surface area contributed by atoms with E-state index in [0.717, 1.165) is 0 Å². The van der Waals surface area contributed by atoms with Gasteiger partial charge in [0.15, 0.2) is 0 Å². The van der Waals surface area contributed by atoms with E-state index in [0.29, 0.717) is 17.8 Å². The minimum Gasteiger partial charge on any atom is -0.481 e. The molecule has 1 aliphatic rings. The van der Waals surface area contributed by atoms with E-state index < -0.39 is 18.0 Å². The van der Waals surface area contributed by atoms with Crippen LogP contribution in [0.2, 0.25) is 0 Å². The molecule has 18 heavy (non-hydrogen) atoms. The number of anilines is 1. The van der Waals surface area contributed by atoms with Crippen molar-refractivity contribution in [1.82, 2.24) is 10.2 Å². The molecule has 0 saturated heterocycles. The van der Waals surface area contributed by atoms with E-state index in [1.807, 2.05) is 0 Å². The van der Waals surface area contributed by atoms with Gasteiger partial charge in [0.1, 0.15) is 12.4 Å². The van der Waals surface area contributed by atoms with Crippen molar-refractivity contribution < 1.29 is 19.4 Å². The average molecular weight is 251 g/mol. The van der Waals surface area contributed by atoms with Gasteiger partial charge in [-0.05, 0) is 6.42 Å². The molecular weight excluding hydrogens is 238 g/mol. The topological polar surface area (TPSA) is 95.5 Å². The number of aromatic amines is 1. The zero-order chi connectivity index (χ0) is 13.1. The summed E-state index contributed by atoms with van der Waals surface area (Å²) in [7, 11) is 0. The number of hydrogen-bond acceptors (Lipinski definition) is 4. The van der Waals surface area contributed by atoms with Gasteiger partial charge < -0.3 is 9.84 Å². The van der Waals surface area contributed by atoms with Crippen molar-refractivity contribution in [3.63, 3.8) is 0 Å². The van der Waals surface area contributed by atoms with Gasteiger partial charge in [-0.2, -0.15) is 5.10 Å². The molecule has 1 amide bonds. The lowest BCUT2D eigenvalue weighted by atomic mass is 9.94. The third kappa shape index (κ3) is 2.06. The highest BCUT2D eigenvalue weighted by Gasteiger charge is 2.34.